The summed E-state index contributed by atoms with van der Waals surface area (Å²) >= 11 is 5.89. The molecular formula is C20H14ClF4N5O3. The molecule has 2 aromatic heterocycles. The van der Waals surface area contributed by atoms with Crippen LogP contribution in [0.25, 0.3) is 0 Å². The van der Waals surface area contributed by atoms with Gasteiger partial charge in [0.05, 0.1) is 30.1 Å². The zero-order valence-corrected chi connectivity index (χ0v) is 17.6. The molecule has 0 radical (unpaired) electrons. The van der Waals surface area contributed by atoms with E-state index < -0.39 is 48.0 Å². The quantitative estimate of drug-likeness (QED) is 0.476. The molecule has 33 heavy (non-hydrogen) atoms. The molecule has 0 fully saturated rings. The molecule has 0 saturated carbocycles. The summed E-state index contributed by atoms with van der Waals surface area (Å²) in [5.74, 6) is -4.63. The maximum atomic E-state index is 14.1. The van der Waals surface area contributed by atoms with Gasteiger partial charge in [-0.2, -0.15) is 19.1 Å². The number of hydrogen-bond donors (Lipinski definition) is 0. The molecule has 0 spiro atoms. The first kappa shape index (κ1) is 23.9. The molecule has 3 aromatic rings. The van der Waals surface area contributed by atoms with Crippen LogP contribution in [0.3, 0.4) is 0 Å². The predicted octanol–water partition coefficient (Wildman–Crippen LogP) is 3.54. The lowest BCUT2D eigenvalue weighted by Gasteiger charge is -2.17. The topological polar surface area (TPSA) is 103 Å². The first-order valence-corrected chi connectivity index (χ1v) is 9.57. The molecule has 0 unspecified atom stereocenters. The highest BCUT2D eigenvalue weighted by Gasteiger charge is 2.33. The lowest BCUT2D eigenvalue weighted by atomic mass is 10.2. The third kappa shape index (κ3) is 5.75. The highest BCUT2D eigenvalue weighted by molar-refractivity contribution is 6.30. The largest absolute Gasteiger partial charge is 0.449 e. The van der Waals surface area contributed by atoms with Crippen LogP contribution in [0.4, 0.5) is 17.6 Å². The third-order valence-corrected chi connectivity index (χ3v) is 4.42. The number of alkyl halides is 4. The van der Waals surface area contributed by atoms with E-state index in [2.05, 4.69) is 10.1 Å². The van der Waals surface area contributed by atoms with Crippen LogP contribution < -0.4 is 15.9 Å². The summed E-state index contributed by atoms with van der Waals surface area (Å²) < 4.78 is 60.3. The van der Waals surface area contributed by atoms with Crippen molar-refractivity contribution in [2.24, 2.45) is 0 Å². The number of benzene rings is 1. The average molecular weight is 484 g/mol. The minimum absolute atomic E-state index is 0.0538. The Morgan fingerprint density at radius 2 is 1.97 bits per heavy atom. The van der Waals surface area contributed by atoms with E-state index >= 15 is 0 Å². The maximum absolute atomic E-state index is 14.1. The fraction of sp³-hybridized carbons (Fsp3) is 0.250. The van der Waals surface area contributed by atoms with E-state index in [1.807, 2.05) is 6.07 Å². The van der Waals surface area contributed by atoms with Gasteiger partial charge >= 0.3 is 0 Å². The van der Waals surface area contributed by atoms with Crippen LogP contribution in [-0.2, 0) is 19.0 Å². The maximum Gasteiger partial charge on any atom is 0.298 e. The van der Waals surface area contributed by atoms with Crippen LogP contribution in [-0.4, -0.2) is 25.8 Å². The molecule has 0 saturated heterocycles. The number of nitrogens with zero attached hydrogens (tertiary/aromatic N) is 5. The van der Waals surface area contributed by atoms with Crippen molar-refractivity contribution >= 4 is 11.6 Å². The van der Waals surface area contributed by atoms with Crippen LogP contribution in [0.15, 0.2) is 46.2 Å². The molecule has 13 heteroatoms. The van der Waals surface area contributed by atoms with Crippen molar-refractivity contribution < 1.29 is 22.3 Å². The Hall–Kier alpha value is -3.72. The van der Waals surface area contributed by atoms with E-state index in [-0.39, 0.29) is 22.0 Å². The SMILES string of the molecule is CC(F)(F)c1ncn(Cn2nc(CC(F)F)ccc2=O)c(=O)c1Oc1cc(Cl)cc(C#N)c1. The fourth-order valence-corrected chi connectivity index (χ4v) is 3.01. The van der Waals surface area contributed by atoms with Crippen LogP contribution in [0.5, 0.6) is 11.5 Å². The summed E-state index contributed by atoms with van der Waals surface area (Å²) in [5, 5.41) is 12.9. The minimum Gasteiger partial charge on any atom is -0.449 e. The summed E-state index contributed by atoms with van der Waals surface area (Å²) in [5.41, 5.74) is -2.87. The second-order valence-electron chi connectivity index (χ2n) is 6.87. The van der Waals surface area contributed by atoms with Gasteiger partial charge < -0.3 is 4.74 Å². The Labute approximate surface area is 188 Å². The summed E-state index contributed by atoms with van der Waals surface area (Å²) in [7, 11) is 0. The summed E-state index contributed by atoms with van der Waals surface area (Å²) in [6.07, 6.45) is -2.68. The molecule has 3 rings (SSSR count). The lowest BCUT2D eigenvalue weighted by molar-refractivity contribution is 0.0100. The molecule has 0 aliphatic carbocycles. The minimum atomic E-state index is -3.59. The third-order valence-electron chi connectivity index (χ3n) is 4.20. The molecule has 1 aromatic carbocycles. The molecule has 0 bridgehead atoms. The van der Waals surface area contributed by atoms with Crippen molar-refractivity contribution in [2.75, 3.05) is 0 Å². The molecule has 172 valence electrons. The van der Waals surface area contributed by atoms with Crippen molar-refractivity contribution in [3.05, 3.63) is 79.3 Å². The van der Waals surface area contributed by atoms with E-state index in [1.54, 1.807) is 0 Å². The van der Waals surface area contributed by atoms with Gasteiger partial charge in [0.2, 0.25) is 12.2 Å². The molecule has 0 atom stereocenters. The number of nitriles is 1. The molecule has 0 N–H and O–H groups in total. The normalized spacial score (nSPS) is 11.5. The Morgan fingerprint density at radius 3 is 2.61 bits per heavy atom. The number of ether oxygens (including phenoxy) is 1. The molecule has 2 heterocycles. The van der Waals surface area contributed by atoms with Gasteiger partial charge in [-0.15, -0.1) is 0 Å². The Morgan fingerprint density at radius 1 is 1.24 bits per heavy atom. The van der Waals surface area contributed by atoms with Crippen molar-refractivity contribution in [2.45, 2.75) is 32.4 Å². The van der Waals surface area contributed by atoms with Crippen LogP contribution >= 0.6 is 11.6 Å². The van der Waals surface area contributed by atoms with Gasteiger partial charge in [0.1, 0.15) is 12.4 Å². The smallest absolute Gasteiger partial charge is 0.298 e. The van der Waals surface area contributed by atoms with Gasteiger partial charge in [0.25, 0.3) is 17.0 Å². The fourth-order valence-electron chi connectivity index (χ4n) is 2.78. The van der Waals surface area contributed by atoms with E-state index in [0.29, 0.717) is 11.6 Å². The summed E-state index contributed by atoms with van der Waals surface area (Å²) in [4.78, 5) is 28.6. The van der Waals surface area contributed by atoms with Gasteiger partial charge in [-0.1, -0.05) is 11.6 Å². The second-order valence-corrected chi connectivity index (χ2v) is 7.31. The summed E-state index contributed by atoms with van der Waals surface area (Å²) in [6.45, 7) is -0.100. The van der Waals surface area contributed by atoms with Crippen molar-refractivity contribution in [3.63, 3.8) is 0 Å². The van der Waals surface area contributed by atoms with Crippen molar-refractivity contribution in [1.82, 2.24) is 19.3 Å². The second kappa shape index (κ2) is 9.41. The highest BCUT2D eigenvalue weighted by atomic mass is 35.5. The molecule has 0 amide bonds. The standard InChI is InChI=1S/C20H14ClF4N5O3/c1-20(24,25)18-17(33-14-5-11(8-26)4-12(21)6-14)19(32)29(9-27-18)10-30-16(31)3-2-13(28-30)7-15(22)23/h2-6,9,15H,7,10H2,1H3. The number of rotatable bonds is 7. The highest BCUT2D eigenvalue weighted by Crippen LogP contribution is 2.33. The first-order chi connectivity index (χ1) is 15.5. The van der Waals surface area contributed by atoms with Crippen LogP contribution in [0.2, 0.25) is 5.02 Å². The molecule has 8 nitrogen and oxygen atoms in total. The lowest BCUT2D eigenvalue weighted by Crippen LogP contribution is -2.33. The average Bonchev–Trinajstić information content (AvgIpc) is 2.71. The summed E-state index contributed by atoms with van der Waals surface area (Å²) in [6, 6.07) is 7.61. The Balaban J connectivity index is 2.08. The van der Waals surface area contributed by atoms with Gasteiger partial charge in [-0.25, -0.2) is 18.4 Å². The van der Waals surface area contributed by atoms with Gasteiger partial charge in [-0.3, -0.25) is 14.2 Å². The van der Waals surface area contributed by atoms with E-state index in [0.717, 1.165) is 23.0 Å². The Bertz CT molecular complexity index is 1350. The number of aromatic nitrogens is 4. The molecular weight excluding hydrogens is 470 g/mol. The van der Waals surface area contributed by atoms with E-state index in [9.17, 15) is 27.2 Å². The first-order valence-electron chi connectivity index (χ1n) is 9.19. The number of halogens is 5. The van der Waals surface area contributed by atoms with E-state index in [1.165, 1.54) is 18.2 Å². The predicted molar refractivity (Wildman–Crippen MR) is 108 cm³/mol. The van der Waals surface area contributed by atoms with E-state index in [4.69, 9.17) is 21.6 Å². The van der Waals surface area contributed by atoms with Crippen molar-refractivity contribution in [3.8, 4) is 17.6 Å². The molecule has 0 aliphatic rings. The van der Waals surface area contributed by atoms with Gasteiger partial charge in [0.15, 0.2) is 5.69 Å². The monoisotopic (exact) mass is 483 g/mol. The molecule has 0 aliphatic heterocycles. The zero-order chi connectivity index (χ0) is 24.3. The Kier molecular flexibility index (Phi) is 6.83. The van der Waals surface area contributed by atoms with Gasteiger partial charge in [-0.05, 0) is 24.3 Å². The van der Waals surface area contributed by atoms with Crippen molar-refractivity contribution in [1.29, 1.82) is 5.26 Å². The van der Waals surface area contributed by atoms with Crippen LogP contribution in [0.1, 0.15) is 23.9 Å². The van der Waals surface area contributed by atoms with Crippen LogP contribution in [0, 0.1) is 11.3 Å². The number of hydrogen-bond acceptors (Lipinski definition) is 6. The zero-order valence-electron chi connectivity index (χ0n) is 16.8. The van der Waals surface area contributed by atoms with Gasteiger partial charge in [0, 0.05) is 18.0 Å².